The SMILES string of the molecule is CC(=O)NC(C(=O)O)C(O)C(C)(C)C. The molecule has 0 saturated carbocycles. The maximum atomic E-state index is 10.7. The van der Waals surface area contributed by atoms with Crippen LogP contribution in [0.3, 0.4) is 0 Å². The maximum absolute atomic E-state index is 10.7. The zero-order chi connectivity index (χ0) is 11.5. The molecule has 2 unspecified atom stereocenters. The van der Waals surface area contributed by atoms with Crippen molar-refractivity contribution in [2.45, 2.75) is 39.8 Å². The minimum absolute atomic E-state index is 0.472. The Morgan fingerprint density at radius 2 is 1.71 bits per heavy atom. The number of aliphatic carboxylic acids is 1. The number of nitrogens with one attached hydrogen (secondary N) is 1. The van der Waals surface area contributed by atoms with E-state index in [1.54, 1.807) is 20.8 Å². The Kier molecular flexibility index (Phi) is 4.07. The Bertz CT molecular complexity index is 231. The molecule has 14 heavy (non-hydrogen) atoms. The van der Waals surface area contributed by atoms with E-state index >= 15 is 0 Å². The molecular formula is C9H17NO4. The monoisotopic (exact) mass is 203 g/mol. The molecule has 0 aliphatic rings. The second kappa shape index (κ2) is 4.41. The van der Waals surface area contributed by atoms with Gasteiger partial charge in [-0.15, -0.1) is 0 Å². The first-order valence-electron chi connectivity index (χ1n) is 4.34. The molecule has 0 aliphatic heterocycles. The largest absolute Gasteiger partial charge is 0.480 e. The standard InChI is InChI=1S/C9H17NO4/c1-5(11)10-6(8(13)14)7(12)9(2,3)4/h6-7,12H,1-4H3,(H,10,11)(H,13,14). The van der Waals surface area contributed by atoms with Gasteiger partial charge in [0, 0.05) is 6.92 Å². The third-order valence-corrected chi connectivity index (χ3v) is 1.83. The van der Waals surface area contributed by atoms with Gasteiger partial charge in [0.2, 0.25) is 5.91 Å². The molecule has 0 aromatic heterocycles. The molecule has 0 saturated heterocycles. The Morgan fingerprint density at radius 3 is 1.93 bits per heavy atom. The van der Waals surface area contributed by atoms with E-state index in [9.17, 15) is 14.7 Å². The van der Waals surface area contributed by atoms with Crippen LogP contribution in [0.5, 0.6) is 0 Å². The fourth-order valence-corrected chi connectivity index (χ4v) is 0.995. The van der Waals surface area contributed by atoms with Crippen molar-refractivity contribution in [1.82, 2.24) is 5.32 Å². The summed E-state index contributed by atoms with van der Waals surface area (Å²) in [5.74, 6) is -1.71. The van der Waals surface area contributed by atoms with Crippen molar-refractivity contribution in [3.8, 4) is 0 Å². The van der Waals surface area contributed by atoms with Gasteiger partial charge in [-0.3, -0.25) is 4.79 Å². The lowest BCUT2D eigenvalue weighted by Crippen LogP contribution is -2.52. The van der Waals surface area contributed by atoms with Crippen molar-refractivity contribution in [2.24, 2.45) is 5.41 Å². The summed E-state index contributed by atoms with van der Waals surface area (Å²) >= 11 is 0. The van der Waals surface area contributed by atoms with Crippen molar-refractivity contribution >= 4 is 11.9 Å². The van der Waals surface area contributed by atoms with Gasteiger partial charge in [-0.2, -0.15) is 0 Å². The molecule has 82 valence electrons. The van der Waals surface area contributed by atoms with Gasteiger partial charge in [0.1, 0.15) is 0 Å². The topological polar surface area (TPSA) is 86.6 Å². The molecule has 0 radical (unpaired) electrons. The van der Waals surface area contributed by atoms with Gasteiger partial charge in [0.25, 0.3) is 0 Å². The van der Waals surface area contributed by atoms with Crippen LogP contribution in [-0.2, 0) is 9.59 Å². The number of carboxylic acids is 1. The van der Waals surface area contributed by atoms with Gasteiger partial charge in [-0.1, -0.05) is 20.8 Å². The van der Waals surface area contributed by atoms with Gasteiger partial charge in [-0.05, 0) is 5.41 Å². The number of carboxylic acid groups (broad SMARTS) is 1. The van der Waals surface area contributed by atoms with Gasteiger partial charge in [0.15, 0.2) is 6.04 Å². The minimum Gasteiger partial charge on any atom is -0.480 e. The number of aliphatic hydroxyl groups is 1. The Morgan fingerprint density at radius 1 is 1.29 bits per heavy atom. The summed E-state index contributed by atoms with van der Waals surface area (Å²) in [7, 11) is 0. The summed E-state index contributed by atoms with van der Waals surface area (Å²) < 4.78 is 0. The van der Waals surface area contributed by atoms with E-state index in [2.05, 4.69) is 5.32 Å². The smallest absolute Gasteiger partial charge is 0.328 e. The number of carbonyl (C=O) groups excluding carboxylic acids is 1. The quantitative estimate of drug-likeness (QED) is 0.601. The molecule has 3 N–H and O–H groups in total. The number of aliphatic hydroxyl groups excluding tert-OH is 1. The van der Waals surface area contributed by atoms with Crippen molar-refractivity contribution in [2.75, 3.05) is 0 Å². The molecule has 0 spiro atoms. The van der Waals surface area contributed by atoms with E-state index in [1.165, 1.54) is 6.92 Å². The number of hydrogen-bond acceptors (Lipinski definition) is 3. The summed E-state index contributed by atoms with van der Waals surface area (Å²) in [6.45, 7) is 6.32. The zero-order valence-electron chi connectivity index (χ0n) is 8.87. The lowest BCUT2D eigenvalue weighted by molar-refractivity contribution is -0.147. The molecule has 1 amide bonds. The summed E-state index contributed by atoms with van der Waals surface area (Å²) in [6, 6.07) is -1.26. The molecule has 0 rings (SSSR count). The van der Waals surface area contributed by atoms with Crippen LogP contribution in [0.25, 0.3) is 0 Å². The van der Waals surface area contributed by atoms with Crippen LogP contribution in [0.1, 0.15) is 27.7 Å². The van der Waals surface area contributed by atoms with Crippen LogP contribution < -0.4 is 5.32 Å². The highest BCUT2D eigenvalue weighted by Crippen LogP contribution is 2.21. The number of carbonyl (C=O) groups is 2. The fraction of sp³-hybridized carbons (Fsp3) is 0.778. The lowest BCUT2D eigenvalue weighted by Gasteiger charge is -2.30. The Balaban J connectivity index is 4.66. The van der Waals surface area contributed by atoms with E-state index in [1.807, 2.05) is 0 Å². The molecule has 5 heteroatoms. The molecule has 0 bridgehead atoms. The van der Waals surface area contributed by atoms with E-state index < -0.39 is 29.4 Å². The lowest BCUT2D eigenvalue weighted by atomic mass is 9.84. The molecule has 0 aromatic rings. The second-order valence-corrected chi connectivity index (χ2v) is 4.33. The predicted molar refractivity (Wildman–Crippen MR) is 50.7 cm³/mol. The van der Waals surface area contributed by atoms with Crippen LogP contribution in [0, 0.1) is 5.41 Å². The van der Waals surface area contributed by atoms with Gasteiger partial charge >= 0.3 is 5.97 Å². The molecule has 0 aromatic carbocycles. The average molecular weight is 203 g/mol. The van der Waals surface area contributed by atoms with Gasteiger partial charge in [-0.25, -0.2) is 4.79 Å². The predicted octanol–water partition coefficient (Wildman–Crippen LogP) is -0.0173. The van der Waals surface area contributed by atoms with E-state index in [0.717, 1.165) is 0 Å². The number of rotatable bonds is 3. The van der Waals surface area contributed by atoms with E-state index in [4.69, 9.17) is 5.11 Å². The summed E-state index contributed by atoms with van der Waals surface area (Å²) in [5.41, 5.74) is -0.592. The molecule has 2 atom stereocenters. The Labute approximate surface area is 83.1 Å². The van der Waals surface area contributed by atoms with Crippen LogP contribution in [0.15, 0.2) is 0 Å². The summed E-state index contributed by atoms with van der Waals surface area (Å²) in [5, 5.41) is 20.6. The molecular weight excluding hydrogens is 186 g/mol. The molecule has 0 heterocycles. The van der Waals surface area contributed by atoms with Crippen molar-refractivity contribution in [3.05, 3.63) is 0 Å². The highest BCUT2D eigenvalue weighted by atomic mass is 16.4. The third-order valence-electron chi connectivity index (χ3n) is 1.83. The van der Waals surface area contributed by atoms with Crippen molar-refractivity contribution in [3.63, 3.8) is 0 Å². The van der Waals surface area contributed by atoms with E-state index in [-0.39, 0.29) is 0 Å². The van der Waals surface area contributed by atoms with Gasteiger partial charge in [0.05, 0.1) is 6.10 Å². The maximum Gasteiger partial charge on any atom is 0.328 e. The molecule has 0 aliphatic carbocycles. The van der Waals surface area contributed by atoms with Crippen LogP contribution in [0.4, 0.5) is 0 Å². The van der Waals surface area contributed by atoms with Crippen LogP contribution >= 0.6 is 0 Å². The second-order valence-electron chi connectivity index (χ2n) is 4.33. The zero-order valence-corrected chi connectivity index (χ0v) is 8.87. The summed E-state index contributed by atoms with van der Waals surface area (Å²) in [6.07, 6.45) is -1.12. The number of amides is 1. The average Bonchev–Trinajstić information content (AvgIpc) is 1.96. The van der Waals surface area contributed by atoms with Crippen LogP contribution in [-0.4, -0.2) is 34.2 Å². The first-order chi connectivity index (χ1) is 6.16. The molecule has 0 fully saturated rings. The van der Waals surface area contributed by atoms with Crippen molar-refractivity contribution in [1.29, 1.82) is 0 Å². The first-order valence-corrected chi connectivity index (χ1v) is 4.34. The first kappa shape index (κ1) is 12.9. The highest BCUT2D eigenvalue weighted by molar-refractivity contribution is 5.82. The van der Waals surface area contributed by atoms with Crippen LogP contribution in [0.2, 0.25) is 0 Å². The van der Waals surface area contributed by atoms with Gasteiger partial charge < -0.3 is 15.5 Å². The third kappa shape index (κ3) is 3.74. The van der Waals surface area contributed by atoms with Crippen molar-refractivity contribution < 1.29 is 19.8 Å². The number of hydrogen-bond donors (Lipinski definition) is 3. The fourth-order valence-electron chi connectivity index (χ4n) is 0.995. The van der Waals surface area contributed by atoms with E-state index in [0.29, 0.717) is 0 Å². The minimum atomic E-state index is -1.26. The molecule has 5 nitrogen and oxygen atoms in total. The summed E-state index contributed by atoms with van der Waals surface area (Å²) in [4.78, 5) is 21.5. The normalized spacial score (nSPS) is 15.8. The Hall–Kier alpha value is -1.10. The highest BCUT2D eigenvalue weighted by Gasteiger charge is 2.35.